The Morgan fingerprint density at radius 1 is 0.885 bits per heavy atom. The van der Waals surface area contributed by atoms with E-state index in [1.54, 1.807) is 0 Å². The predicted molar refractivity (Wildman–Crippen MR) is 104 cm³/mol. The molecule has 0 spiro atoms. The van der Waals surface area contributed by atoms with Crippen molar-refractivity contribution >= 4 is 10.9 Å². The summed E-state index contributed by atoms with van der Waals surface area (Å²) < 4.78 is 13.0. The summed E-state index contributed by atoms with van der Waals surface area (Å²) in [6, 6.07) is 8.53. The Hall–Kier alpha value is -2.36. The van der Waals surface area contributed by atoms with E-state index in [0.29, 0.717) is 12.2 Å². The Bertz CT molecular complexity index is 932. The molecule has 3 aromatic rings. The minimum absolute atomic E-state index is 0.00515. The molecule has 26 heavy (non-hydrogen) atoms. The molecule has 0 aliphatic rings. The van der Waals surface area contributed by atoms with Gasteiger partial charge in [0.15, 0.2) is 5.82 Å². The number of pyridine rings is 1. The van der Waals surface area contributed by atoms with Crippen molar-refractivity contribution in [3.8, 4) is 0 Å². The maximum absolute atomic E-state index is 13.0. The predicted octanol–water partition coefficient (Wildman–Crippen LogP) is 5.35. The fourth-order valence-electron chi connectivity index (χ4n) is 3.00. The summed E-state index contributed by atoms with van der Waals surface area (Å²) in [6.07, 6.45) is 2.99. The Kier molecular flexibility index (Phi) is 4.55. The number of rotatable bonds is 2. The van der Waals surface area contributed by atoms with Crippen LogP contribution < -0.4 is 0 Å². The van der Waals surface area contributed by atoms with Crippen molar-refractivity contribution < 1.29 is 4.39 Å². The molecular formula is C22H26FN3. The second-order valence-corrected chi connectivity index (χ2v) is 8.90. The minimum atomic E-state index is -0.416. The topological polar surface area (TPSA) is 38.7 Å². The molecule has 0 unspecified atom stereocenters. The first kappa shape index (κ1) is 18.4. The average molecular weight is 351 g/mol. The van der Waals surface area contributed by atoms with Gasteiger partial charge in [-0.05, 0) is 34.7 Å². The third-order valence-electron chi connectivity index (χ3n) is 4.49. The Morgan fingerprint density at radius 2 is 1.54 bits per heavy atom. The van der Waals surface area contributed by atoms with Crippen molar-refractivity contribution in [2.24, 2.45) is 0 Å². The van der Waals surface area contributed by atoms with Gasteiger partial charge in [-0.25, -0.2) is 14.4 Å². The molecule has 4 heteroatoms. The van der Waals surface area contributed by atoms with E-state index in [1.165, 1.54) is 18.0 Å². The fraction of sp³-hybridized carbons (Fsp3) is 0.409. The maximum Gasteiger partial charge on any atom is 0.159 e. The van der Waals surface area contributed by atoms with Crippen LogP contribution in [0, 0.1) is 5.82 Å². The highest BCUT2D eigenvalue weighted by Crippen LogP contribution is 2.34. The molecule has 1 aromatic carbocycles. The Morgan fingerprint density at radius 3 is 2.12 bits per heavy atom. The highest BCUT2D eigenvalue weighted by atomic mass is 19.1. The zero-order valence-electron chi connectivity index (χ0n) is 16.4. The standard InChI is InChI=1S/C22H26FN3/c1-21(2,3)17-11-19(22(4,5)6)26-18-8-7-14(9-16(17)18)10-20-24-12-15(23)13-25-20/h7-9,11-13H,10H2,1-6H3. The molecule has 0 radical (unpaired) electrons. The molecule has 0 saturated heterocycles. The van der Waals surface area contributed by atoms with Crippen molar-refractivity contribution in [2.45, 2.75) is 58.8 Å². The van der Waals surface area contributed by atoms with E-state index in [0.717, 1.165) is 22.2 Å². The van der Waals surface area contributed by atoms with Crippen LogP contribution in [0.3, 0.4) is 0 Å². The molecular weight excluding hydrogens is 325 g/mol. The zero-order valence-corrected chi connectivity index (χ0v) is 16.4. The van der Waals surface area contributed by atoms with Crippen LogP contribution in [0.15, 0.2) is 36.7 Å². The van der Waals surface area contributed by atoms with Gasteiger partial charge in [-0.2, -0.15) is 0 Å². The van der Waals surface area contributed by atoms with Gasteiger partial charge in [0, 0.05) is 22.9 Å². The van der Waals surface area contributed by atoms with Crippen LogP contribution in [0.5, 0.6) is 0 Å². The lowest BCUT2D eigenvalue weighted by Gasteiger charge is -2.26. The van der Waals surface area contributed by atoms with Gasteiger partial charge in [0.25, 0.3) is 0 Å². The summed E-state index contributed by atoms with van der Waals surface area (Å²) in [4.78, 5) is 13.0. The summed E-state index contributed by atoms with van der Waals surface area (Å²) in [5, 5.41) is 1.16. The second-order valence-electron chi connectivity index (χ2n) is 8.90. The van der Waals surface area contributed by atoms with Gasteiger partial charge in [0.05, 0.1) is 17.9 Å². The van der Waals surface area contributed by atoms with Crippen LogP contribution >= 0.6 is 0 Å². The smallest absolute Gasteiger partial charge is 0.159 e. The molecule has 3 nitrogen and oxygen atoms in total. The maximum atomic E-state index is 13.0. The first-order valence-electron chi connectivity index (χ1n) is 8.95. The van der Waals surface area contributed by atoms with Crippen molar-refractivity contribution in [2.75, 3.05) is 0 Å². The molecule has 0 aliphatic heterocycles. The second kappa shape index (κ2) is 6.42. The van der Waals surface area contributed by atoms with E-state index in [2.05, 4.69) is 75.8 Å². The highest BCUT2D eigenvalue weighted by Gasteiger charge is 2.23. The van der Waals surface area contributed by atoms with Crippen LogP contribution in [-0.2, 0) is 17.3 Å². The number of benzene rings is 1. The number of nitrogens with zero attached hydrogens (tertiary/aromatic N) is 3. The third-order valence-corrected chi connectivity index (χ3v) is 4.49. The first-order chi connectivity index (χ1) is 12.0. The largest absolute Gasteiger partial charge is 0.252 e. The number of hydrogen-bond acceptors (Lipinski definition) is 3. The molecule has 0 aliphatic carbocycles. The van der Waals surface area contributed by atoms with Gasteiger partial charge < -0.3 is 0 Å². The lowest BCUT2D eigenvalue weighted by molar-refractivity contribution is 0.558. The van der Waals surface area contributed by atoms with Crippen LogP contribution in [0.1, 0.15) is 64.2 Å². The van der Waals surface area contributed by atoms with Gasteiger partial charge in [0.2, 0.25) is 0 Å². The van der Waals surface area contributed by atoms with Gasteiger partial charge >= 0.3 is 0 Å². The molecule has 2 aromatic heterocycles. The molecule has 0 saturated carbocycles. The van der Waals surface area contributed by atoms with Gasteiger partial charge in [-0.3, -0.25) is 4.98 Å². The average Bonchev–Trinajstić information content (AvgIpc) is 2.54. The summed E-state index contributed by atoms with van der Waals surface area (Å²) in [6.45, 7) is 13.2. The zero-order chi connectivity index (χ0) is 19.1. The minimum Gasteiger partial charge on any atom is -0.252 e. The molecule has 0 amide bonds. The lowest BCUT2D eigenvalue weighted by Crippen LogP contribution is -2.18. The van der Waals surface area contributed by atoms with Crippen LogP contribution in [0.2, 0.25) is 0 Å². The molecule has 136 valence electrons. The quantitative estimate of drug-likeness (QED) is 0.625. The van der Waals surface area contributed by atoms with Crippen molar-refractivity contribution in [3.05, 3.63) is 65.1 Å². The van der Waals surface area contributed by atoms with Gasteiger partial charge in [-0.15, -0.1) is 0 Å². The van der Waals surface area contributed by atoms with E-state index in [1.807, 2.05) is 0 Å². The first-order valence-corrected chi connectivity index (χ1v) is 8.95. The number of hydrogen-bond donors (Lipinski definition) is 0. The summed E-state index contributed by atoms with van der Waals surface area (Å²) >= 11 is 0. The van der Waals surface area contributed by atoms with Gasteiger partial charge in [-0.1, -0.05) is 47.6 Å². The van der Waals surface area contributed by atoms with Gasteiger partial charge in [0.1, 0.15) is 5.82 Å². The molecule has 0 N–H and O–H groups in total. The van der Waals surface area contributed by atoms with Crippen molar-refractivity contribution in [1.82, 2.24) is 15.0 Å². The monoisotopic (exact) mass is 351 g/mol. The van der Waals surface area contributed by atoms with Crippen LogP contribution in [-0.4, -0.2) is 15.0 Å². The Balaban J connectivity index is 2.12. The van der Waals surface area contributed by atoms with E-state index in [4.69, 9.17) is 4.98 Å². The normalized spacial score (nSPS) is 12.6. The number of fused-ring (bicyclic) bond motifs is 1. The SMILES string of the molecule is CC(C)(C)c1cc(C(C)(C)C)c2cc(Cc3ncc(F)cn3)ccc2n1. The van der Waals surface area contributed by atoms with Crippen molar-refractivity contribution in [1.29, 1.82) is 0 Å². The molecule has 0 atom stereocenters. The number of aromatic nitrogens is 3. The Labute approximate surface area is 154 Å². The van der Waals surface area contributed by atoms with E-state index >= 15 is 0 Å². The summed E-state index contributed by atoms with van der Waals surface area (Å²) in [5.74, 6) is 0.198. The summed E-state index contributed by atoms with van der Waals surface area (Å²) in [5.41, 5.74) is 4.49. The van der Waals surface area contributed by atoms with Crippen LogP contribution in [0.25, 0.3) is 10.9 Å². The molecule has 0 fully saturated rings. The van der Waals surface area contributed by atoms with E-state index < -0.39 is 5.82 Å². The third kappa shape index (κ3) is 3.90. The molecule has 3 rings (SSSR count). The van der Waals surface area contributed by atoms with E-state index in [-0.39, 0.29) is 10.8 Å². The van der Waals surface area contributed by atoms with E-state index in [9.17, 15) is 4.39 Å². The molecule has 0 bridgehead atoms. The lowest BCUT2D eigenvalue weighted by atomic mass is 9.81. The fourth-order valence-corrected chi connectivity index (χ4v) is 3.00. The molecule has 2 heterocycles. The summed E-state index contributed by atoms with van der Waals surface area (Å²) in [7, 11) is 0. The number of halogens is 1. The van der Waals surface area contributed by atoms with Crippen molar-refractivity contribution in [3.63, 3.8) is 0 Å². The van der Waals surface area contributed by atoms with Crippen LogP contribution in [0.4, 0.5) is 4.39 Å². The highest BCUT2D eigenvalue weighted by molar-refractivity contribution is 5.84.